The van der Waals surface area contributed by atoms with Gasteiger partial charge in [0.2, 0.25) is 6.34 Å². The number of hydrogen-bond donors (Lipinski definition) is 0. The van der Waals surface area contributed by atoms with Gasteiger partial charge in [0, 0.05) is 20.2 Å². The lowest BCUT2D eigenvalue weighted by molar-refractivity contribution is -0.718. The Balaban J connectivity index is 2.82. The van der Waals surface area contributed by atoms with E-state index in [-0.39, 0.29) is 0 Å². The fourth-order valence-electron chi connectivity index (χ4n) is 0.736. The van der Waals surface area contributed by atoms with Crippen LogP contribution in [0.5, 0.6) is 0 Å². The van der Waals surface area contributed by atoms with Gasteiger partial charge in [-0.1, -0.05) is 5.10 Å². The summed E-state index contributed by atoms with van der Waals surface area (Å²) in [4.78, 5) is 6.09. The molecule has 0 aliphatic rings. The molecule has 1 rings (SSSR count). The summed E-state index contributed by atoms with van der Waals surface area (Å²) >= 11 is 0. The largest absolute Gasteiger partial charge is 0.348 e. The topological polar surface area (TPSA) is 32.4 Å². The summed E-state index contributed by atoms with van der Waals surface area (Å²) in [7, 11) is 5.72. The van der Waals surface area contributed by atoms with E-state index in [9.17, 15) is 0 Å². The normalized spacial score (nSPS) is 10.6. The maximum atomic E-state index is 4.21. The highest BCUT2D eigenvalue weighted by atomic mass is 15.3. The first-order valence-corrected chi connectivity index (χ1v) is 3.72. The van der Waals surface area contributed by atoms with Crippen LogP contribution >= 0.6 is 0 Å². The molecule has 1 aromatic heterocycles. The lowest BCUT2D eigenvalue weighted by Crippen LogP contribution is -2.32. The molecule has 0 aliphatic carbocycles. The van der Waals surface area contributed by atoms with E-state index in [0.717, 1.165) is 5.82 Å². The molecule has 0 atom stereocenters. The van der Waals surface area contributed by atoms with Crippen LogP contribution in [0.15, 0.2) is 23.3 Å². The van der Waals surface area contributed by atoms with E-state index >= 15 is 0 Å². The molecular weight excluding hydrogens is 152 g/mol. The Labute approximate surface area is 72.2 Å². The number of aliphatic imine (C=N–C) groups is 1. The van der Waals surface area contributed by atoms with E-state index in [2.05, 4.69) is 10.1 Å². The molecule has 0 aliphatic heterocycles. The van der Waals surface area contributed by atoms with Crippen LogP contribution in [0, 0.1) is 0 Å². The van der Waals surface area contributed by atoms with Crippen LogP contribution in [-0.4, -0.2) is 30.4 Å². The van der Waals surface area contributed by atoms with Crippen molar-refractivity contribution in [3.05, 3.63) is 18.3 Å². The van der Waals surface area contributed by atoms with Crippen LogP contribution < -0.4 is 4.68 Å². The Hall–Kier alpha value is -1.45. The molecule has 0 unspecified atom stereocenters. The van der Waals surface area contributed by atoms with Gasteiger partial charge < -0.3 is 4.90 Å². The maximum Gasteiger partial charge on any atom is 0.344 e. The van der Waals surface area contributed by atoms with Crippen molar-refractivity contribution in [2.45, 2.75) is 0 Å². The highest BCUT2D eigenvalue weighted by Crippen LogP contribution is 1.98. The number of aryl methyl sites for hydroxylation is 1. The van der Waals surface area contributed by atoms with E-state index in [1.807, 2.05) is 38.2 Å². The highest BCUT2D eigenvalue weighted by Gasteiger charge is 2.02. The zero-order chi connectivity index (χ0) is 8.97. The molecule has 0 bridgehead atoms. The lowest BCUT2D eigenvalue weighted by Gasteiger charge is -1.96. The summed E-state index contributed by atoms with van der Waals surface area (Å²) in [6.07, 6.45) is 3.48. The summed E-state index contributed by atoms with van der Waals surface area (Å²) in [6, 6.07) is 3.77. The van der Waals surface area contributed by atoms with Crippen molar-refractivity contribution >= 4 is 12.2 Å². The van der Waals surface area contributed by atoms with E-state index in [1.54, 1.807) is 17.2 Å². The molecule has 0 radical (unpaired) electrons. The Kier molecular flexibility index (Phi) is 2.74. The molecule has 1 aromatic rings. The maximum absolute atomic E-state index is 4.21. The predicted octanol–water partition coefficient (Wildman–Crippen LogP) is 0.127. The molecule has 0 saturated carbocycles. The molecule has 4 heteroatoms. The molecule has 0 amide bonds. The average molecular weight is 165 g/mol. The minimum absolute atomic E-state index is 0.839. The molecule has 0 saturated heterocycles. The molecule has 1 heterocycles. The first kappa shape index (κ1) is 8.64. The zero-order valence-electron chi connectivity index (χ0n) is 7.60. The number of rotatable bonds is 2. The number of nitrogens with zero attached hydrogens (tertiary/aromatic N) is 4. The van der Waals surface area contributed by atoms with Crippen LogP contribution in [0.2, 0.25) is 0 Å². The summed E-state index contributed by atoms with van der Waals surface area (Å²) in [5, 5.41) is 4.04. The molecule has 64 valence electrons. The third-order valence-corrected chi connectivity index (χ3v) is 1.32. The first-order chi connectivity index (χ1) is 5.70. The second-order valence-corrected chi connectivity index (χ2v) is 2.71. The van der Waals surface area contributed by atoms with Crippen LogP contribution in [0.4, 0.5) is 5.82 Å². The van der Waals surface area contributed by atoms with Crippen molar-refractivity contribution < 1.29 is 4.68 Å². The van der Waals surface area contributed by atoms with Crippen molar-refractivity contribution in [1.82, 2.24) is 10.00 Å². The van der Waals surface area contributed by atoms with Gasteiger partial charge >= 0.3 is 5.82 Å². The van der Waals surface area contributed by atoms with Crippen molar-refractivity contribution in [3.63, 3.8) is 0 Å². The molecular formula is C8H13N4+. The van der Waals surface area contributed by atoms with Gasteiger partial charge in [0.25, 0.3) is 0 Å². The van der Waals surface area contributed by atoms with E-state index in [0.29, 0.717) is 0 Å². The van der Waals surface area contributed by atoms with Crippen LogP contribution in [-0.2, 0) is 7.05 Å². The number of hydrogen-bond acceptors (Lipinski definition) is 2. The van der Waals surface area contributed by atoms with E-state index in [1.165, 1.54) is 0 Å². The van der Waals surface area contributed by atoms with Crippen LogP contribution in [0.25, 0.3) is 0 Å². The van der Waals surface area contributed by atoms with Gasteiger partial charge in [-0.05, 0) is 11.1 Å². The van der Waals surface area contributed by atoms with Gasteiger partial charge in [-0.3, -0.25) is 0 Å². The van der Waals surface area contributed by atoms with Gasteiger partial charge in [0.15, 0.2) is 0 Å². The third-order valence-electron chi connectivity index (χ3n) is 1.32. The van der Waals surface area contributed by atoms with Crippen LogP contribution in [0.3, 0.4) is 0 Å². The molecule has 0 fully saturated rings. The second-order valence-electron chi connectivity index (χ2n) is 2.71. The molecule has 4 nitrogen and oxygen atoms in total. The third kappa shape index (κ3) is 2.30. The smallest absolute Gasteiger partial charge is 0.344 e. The average Bonchev–Trinajstić information content (AvgIpc) is 2.03. The highest BCUT2D eigenvalue weighted by molar-refractivity contribution is 5.57. The van der Waals surface area contributed by atoms with Gasteiger partial charge in [-0.15, -0.1) is 4.68 Å². The van der Waals surface area contributed by atoms with E-state index in [4.69, 9.17) is 0 Å². The summed E-state index contributed by atoms with van der Waals surface area (Å²) < 4.78 is 1.72. The van der Waals surface area contributed by atoms with Crippen molar-refractivity contribution in [3.8, 4) is 0 Å². The Morgan fingerprint density at radius 3 is 2.92 bits per heavy atom. The van der Waals surface area contributed by atoms with Gasteiger partial charge in [0.05, 0.1) is 6.20 Å². The van der Waals surface area contributed by atoms with Gasteiger partial charge in [0.1, 0.15) is 7.05 Å². The SMILES string of the molecule is CN(C)C=Nc1cccn[n+]1C. The molecule has 0 spiro atoms. The summed E-state index contributed by atoms with van der Waals surface area (Å²) in [5.74, 6) is 0.839. The van der Waals surface area contributed by atoms with Crippen molar-refractivity contribution in [2.75, 3.05) is 14.1 Å². The first-order valence-electron chi connectivity index (χ1n) is 3.72. The Morgan fingerprint density at radius 1 is 1.58 bits per heavy atom. The molecule has 12 heavy (non-hydrogen) atoms. The van der Waals surface area contributed by atoms with E-state index < -0.39 is 0 Å². The Bertz CT molecular complexity index is 280. The minimum Gasteiger partial charge on any atom is -0.348 e. The van der Waals surface area contributed by atoms with Gasteiger partial charge in [-0.2, -0.15) is 0 Å². The van der Waals surface area contributed by atoms with Crippen molar-refractivity contribution in [1.29, 1.82) is 0 Å². The summed E-state index contributed by atoms with van der Waals surface area (Å²) in [5.41, 5.74) is 0. The Morgan fingerprint density at radius 2 is 2.33 bits per heavy atom. The van der Waals surface area contributed by atoms with Crippen molar-refractivity contribution in [2.24, 2.45) is 12.0 Å². The monoisotopic (exact) mass is 165 g/mol. The second kappa shape index (κ2) is 3.80. The van der Waals surface area contributed by atoms with Gasteiger partial charge in [-0.25, -0.2) is 0 Å². The standard InChI is InChI=1S/C8H13N4/c1-11(2)7-9-8-5-4-6-10-12(8)3/h4-7H,1-3H3/q+1. The molecule has 0 aromatic carbocycles. The summed E-state index contributed by atoms with van der Waals surface area (Å²) in [6.45, 7) is 0. The number of aromatic nitrogens is 2. The fraction of sp³-hybridized carbons (Fsp3) is 0.375. The minimum atomic E-state index is 0.839. The van der Waals surface area contributed by atoms with Crippen LogP contribution in [0.1, 0.15) is 0 Å². The lowest BCUT2D eigenvalue weighted by atomic mass is 10.5. The molecule has 0 N–H and O–H groups in total. The predicted molar refractivity (Wildman–Crippen MR) is 47.3 cm³/mol. The fourth-order valence-corrected chi connectivity index (χ4v) is 0.736. The quantitative estimate of drug-likeness (QED) is 0.354. The zero-order valence-corrected chi connectivity index (χ0v) is 7.60.